The molecule has 0 aromatic carbocycles. The van der Waals surface area contributed by atoms with Crippen molar-refractivity contribution in [3.05, 3.63) is 40.5 Å². The van der Waals surface area contributed by atoms with Crippen LogP contribution in [0.15, 0.2) is 39.3 Å². The zero-order valence-electron chi connectivity index (χ0n) is 16.0. The number of imide groups is 2. The standard InChI is InChI=1S/C19H19N3O6S/c1-11(2)22-17(24)13(9-20-14-6-8-29-15(14)18(25)27-3)16(23)21(19(22)26)10-12-5-4-7-28-12/h4-9,11,13H,10H2,1-3H3. The highest BCUT2D eigenvalue weighted by Crippen LogP contribution is 2.27. The highest BCUT2D eigenvalue weighted by molar-refractivity contribution is 7.12. The number of esters is 1. The maximum Gasteiger partial charge on any atom is 0.350 e. The fourth-order valence-corrected chi connectivity index (χ4v) is 3.61. The molecule has 1 aliphatic heterocycles. The van der Waals surface area contributed by atoms with Crippen molar-refractivity contribution in [2.24, 2.45) is 10.9 Å². The van der Waals surface area contributed by atoms with E-state index < -0.39 is 35.8 Å². The van der Waals surface area contributed by atoms with Gasteiger partial charge in [-0.15, -0.1) is 11.3 Å². The largest absolute Gasteiger partial charge is 0.467 e. The molecular formula is C19H19N3O6S. The Morgan fingerprint density at radius 1 is 1.31 bits per heavy atom. The Bertz CT molecular complexity index is 963. The van der Waals surface area contributed by atoms with Crippen LogP contribution < -0.4 is 0 Å². The highest BCUT2D eigenvalue weighted by Gasteiger charge is 2.46. The number of methoxy groups -OCH3 is 1. The number of hydrogen-bond acceptors (Lipinski definition) is 8. The number of rotatable bonds is 6. The van der Waals surface area contributed by atoms with Gasteiger partial charge in [-0.05, 0) is 37.4 Å². The van der Waals surface area contributed by atoms with Crippen molar-refractivity contribution < 1.29 is 28.3 Å². The Labute approximate surface area is 170 Å². The number of furan rings is 1. The molecule has 3 rings (SSSR count). The molecule has 4 amide bonds. The molecule has 0 radical (unpaired) electrons. The smallest absolute Gasteiger partial charge is 0.350 e. The summed E-state index contributed by atoms with van der Waals surface area (Å²) in [6, 6.07) is 3.70. The zero-order chi connectivity index (χ0) is 21.1. The van der Waals surface area contributed by atoms with Crippen molar-refractivity contribution in [3.8, 4) is 0 Å². The van der Waals surface area contributed by atoms with Gasteiger partial charge in [-0.3, -0.25) is 24.4 Å². The van der Waals surface area contributed by atoms with E-state index in [0.717, 1.165) is 27.4 Å². The first kappa shape index (κ1) is 20.5. The Kier molecular flexibility index (Phi) is 5.92. The molecule has 0 saturated carbocycles. The Balaban J connectivity index is 1.92. The number of thiophene rings is 1. The van der Waals surface area contributed by atoms with Gasteiger partial charge in [0.25, 0.3) is 0 Å². The molecule has 9 nitrogen and oxygen atoms in total. The minimum atomic E-state index is -1.30. The third-order valence-electron chi connectivity index (χ3n) is 4.26. The lowest BCUT2D eigenvalue weighted by Crippen LogP contribution is -2.61. The van der Waals surface area contributed by atoms with Crippen LogP contribution in [0, 0.1) is 5.92 Å². The lowest BCUT2D eigenvalue weighted by Gasteiger charge is -2.37. The lowest BCUT2D eigenvalue weighted by molar-refractivity contribution is -0.147. The van der Waals surface area contributed by atoms with Crippen LogP contribution in [0.25, 0.3) is 0 Å². The molecule has 152 valence electrons. The van der Waals surface area contributed by atoms with E-state index >= 15 is 0 Å². The summed E-state index contributed by atoms with van der Waals surface area (Å²) >= 11 is 1.13. The quantitative estimate of drug-likeness (QED) is 0.406. The van der Waals surface area contributed by atoms with Gasteiger partial charge in [0, 0.05) is 12.3 Å². The average molecular weight is 417 g/mol. The van der Waals surface area contributed by atoms with E-state index in [-0.39, 0.29) is 17.1 Å². The summed E-state index contributed by atoms with van der Waals surface area (Å²) in [6.07, 6.45) is 2.60. The van der Waals surface area contributed by atoms with Crippen LogP contribution in [0.5, 0.6) is 0 Å². The molecule has 10 heteroatoms. The summed E-state index contributed by atoms with van der Waals surface area (Å²) in [4.78, 5) is 56.7. The SMILES string of the molecule is COC(=O)c1sccc1N=CC1C(=O)N(Cc2ccco2)C(=O)N(C(C)C)C1=O. The summed E-state index contributed by atoms with van der Waals surface area (Å²) in [6.45, 7) is 3.26. The molecule has 1 atom stereocenters. The third-order valence-corrected chi connectivity index (χ3v) is 5.14. The number of urea groups is 1. The fraction of sp³-hybridized carbons (Fsp3) is 0.316. The molecule has 0 spiro atoms. The molecule has 2 aromatic rings. The highest BCUT2D eigenvalue weighted by atomic mass is 32.1. The minimum absolute atomic E-state index is 0.0998. The van der Waals surface area contributed by atoms with Crippen LogP contribution in [-0.4, -0.2) is 53.0 Å². The fourth-order valence-electron chi connectivity index (χ4n) is 2.85. The predicted octanol–water partition coefficient (Wildman–Crippen LogP) is 2.85. The Morgan fingerprint density at radius 3 is 2.69 bits per heavy atom. The van der Waals surface area contributed by atoms with E-state index in [1.807, 2.05) is 0 Å². The number of hydrogen-bond donors (Lipinski definition) is 0. The first-order valence-electron chi connectivity index (χ1n) is 8.76. The first-order valence-corrected chi connectivity index (χ1v) is 9.64. The number of amides is 4. The van der Waals surface area contributed by atoms with Crippen LogP contribution in [0.1, 0.15) is 29.3 Å². The molecule has 2 aromatic heterocycles. The van der Waals surface area contributed by atoms with Crippen LogP contribution in [0.3, 0.4) is 0 Å². The normalized spacial score (nSPS) is 17.7. The number of nitrogens with zero attached hydrogens (tertiary/aromatic N) is 3. The van der Waals surface area contributed by atoms with Gasteiger partial charge >= 0.3 is 12.0 Å². The molecule has 29 heavy (non-hydrogen) atoms. The number of aliphatic imine (C=N–C) groups is 1. The molecule has 3 heterocycles. The van der Waals surface area contributed by atoms with Crippen molar-refractivity contribution in [3.63, 3.8) is 0 Å². The second kappa shape index (κ2) is 8.39. The third kappa shape index (κ3) is 3.97. The summed E-state index contributed by atoms with van der Waals surface area (Å²) in [5.41, 5.74) is 0.285. The van der Waals surface area contributed by atoms with Gasteiger partial charge in [-0.1, -0.05) is 0 Å². The lowest BCUT2D eigenvalue weighted by atomic mass is 10.0. The number of barbiturate groups is 1. The van der Waals surface area contributed by atoms with Gasteiger partial charge in [-0.25, -0.2) is 9.59 Å². The maximum absolute atomic E-state index is 12.9. The van der Waals surface area contributed by atoms with Gasteiger partial charge in [0.15, 0.2) is 5.92 Å². The topological polar surface area (TPSA) is 109 Å². The molecule has 1 aliphatic rings. The van der Waals surface area contributed by atoms with E-state index in [1.54, 1.807) is 37.4 Å². The molecule has 1 unspecified atom stereocenters. The van der Waals surface area contributed by atoms with Gasteiger partial charge in [0.05, 0.1) is 25.6 Å². The molecule has 0 bridgehead atoms. The van der Waals surface area contributed by atoms with Crippen LogP contribution in [-0.2, 0) is 20.9 Å². The van der Waals surface area contributed by atoms with E-state index in [2.05, 4.69) is 4.99 Å². The van der Waals surface area contributed by atoms with Gasteiger partial charge in [0.1, 0.15) is 10.6 Å². The van der Waals surface area contributed by atoms with Crippen molar-refractivity contribution in [2.75, 3.05) is 7.11 Å². The second-order valence-electron chi connectivity index (χ2n) is 6.47. The summed E-state index contributed by atoms with van der Waals surface area (Å²) in [5, 5.41) is 1.65. The predicted molar refractivity (Wildman–Crippen MR) is 104 cm³/mol. The maximum atomic E-state index is 12.9. The first-order chi connectivity index (χ1) is 13.8. The molecule has 1 saturated heterocycles. The minimum Gasteiger partial charge on any atom is -0.467 e. The average Bonchev–Trinajstić information content (AvgIpc) is 3.36. The number of carbonyl (C=O) groups is 4. The summed E-state index contributed by atoms with van der Waals surface area (Å²) in [7, 11) is 1.25. The van der Waals surface area contributed by atoms with Crippen LogP contribution >= 0.6 is 11.3 Å². The van der Waals surface area contributed by atoms with Gasteiger partial charge in [0.2, 0.25) is 11.8 Å². The second-order valence-corrected chi connectivity index (χ2v) is 7.39. The molecule has 0 aliphatic carbocycles. The van der Waals surface area contributed by atoms with Crippen molar-refractivity contribution >= 4 is 47.1 Å². The number of carbonyl (C=O) groups excluding carboxylic acids is 4. The molecule has 0 N–H and O–H groups in total. The van der Waals surface area contributed by atoms with Crippen molar-refractivity contribution in [2.45, 2.75) is 26.4 Å². The molecule has 1 fully saturated rings. The van der Waals surface area contributed by atoms with Gasteiger partial charge < -0.3 is 9.15 Å². The summed E-state index contributed by atoms with van der Waals surface area (Å²) < 4.78 is 9.93. The van der Waals surface area contributed by atoms with Crippen molar-refractivity contribution in [1.82, 2.24) is 9.80 Å². The van der Waals surface area contributed by atoms with Gasteiger partial charge in [-0.2, -0.15) is 0 Å². The number of ether oxygens (including phenoxy) is 1. The van der Waals surface area contributed by atoms with E-state index in [0.29, 0.717) is 5.76 Å². The van der Waals surface area contributed by atoms with E-state index in [9.17, 15) is 19.2 Å². The Hall–Kier alpha value is -3.27. The molecular weight excluding hydrogens is 398 g/mol. The van der Waals surface area contributed by atoms with Crippen molar-refractivity contribution in [1.29, 1.82) is 0 Å². The Morgan fingerprint density at radius 2 is 2.07 bits per heavy atom. The zero-order valence-corrected chi connectivity index (χ0v) is 16.8. The van der Waals surface area contributed by atoms with E-state index in [1.165, 1.54) is 13.4 Å². The van der Waals surface area contributed by atoms with Crippen LogP contribution in [0.2, 0.25) is 0 Å². The summed E-state index contributed by atoms with van der Waals surface area (Å²) in [5.74, 6) is -2.82. The van der Waals surface area contributed by atoms with Crippen LogP contribution in [0.4, 0.5) is 10.5 Å². The van der Waals surface area contributed by atoms with E-state index in [4.69, 9.17) is 9.15 Å². The monoisotopic (exact) mass is 417 g/mol.